The lowest BCUT2D eigenvalue weighted by atomic mass is 9.70. The number of halogens is 2. The standard InChI is InChI=1S/C32H35BrClN3O4S/c1-4-14-35(19-21-11-7-6-8-12-21)29(39)24-25-30(40)37(16-17-38)28(32(25)18-22(33)27(24)42-32)31(41)36(15-5-2)26-20(3)10-9-13-23(26)34/h4-13,22,24-25,27-28,38H,1-2,14-19H2,3H3/t22?,24-,25-,27-,28?,32?/m0/s1. The van der Waals surface area contributed by atoms with Gasteiger partial charge in [-0.2, -0.15) is 0 Å². The van der Waals surface area contributed by atoms with Gasteiger partial charge in [0.15, 0.2) is 0 Å². The van der Waals surface area contributed by atoms with Crippen molar-refractivity contribution in [1.82, 2.24) is 9.80 Å². The van der Waals surface area contributed by atoms with Gasteiger partial charge >= 0.3 is 0 Å². The molecule has 0 aromatic heterocycles. The van der Waals surface area contributed by atoms with Crippen molar-refractivity contribution in [2.45, 2.75) is 40.8 Å². The molecule has 0 saturated carbocycles. The first-order chi connectivity index (χ1) is 20.2. The fourth-order valence-corrected chi connectivity index (χ4v) is 10.9. The number of fused-ring (bicyclic) bond motifs is 1. The predicted octanol–water partition coefficient (Wildman–Crippen LogP) is 4.84. The Morgan fingerprint density at radius 1 is 1.14 bits per heavy atom. The van der Waals surface area contributed by atoms with Gasteiger partial charge in [0.2, 0.25) is 11.8 Å². The molecule has 7 nitrogen and oxygen atoms in total. The average molecular weight is 673 g/mol. The number of likely N-dealkylation sites (tertiary alicyclic amines) is 1. The van der Waals surface area contributed by atoms with Gasteiger partial charge in [0.1, 0.15) is 6.04 Å². The Bertz CT molecular complexity index is 1370. The minimum atomic E-state index is -0.882. The molecule has 0 aliphatic carbocycles. The summed E-state index contributed by atoms with van der Waals surface area (Å²) >= 11 is 12.0. The summed E-state index contributed by atoms with van der Waals surface area (Å²) in [5.41, 5.74) is 2.37. The number of carbonyl (C=O) groups is 3. The minimum Gasteiger partial charge on any atom is -0.395 e. The van der Waals surface area contributed by atoms with E-state index in [2.05, 4.69) is 29.1 Å². The summed E-state index contributed by atoms with van der Waals surface area (Å²) in [5.74, 6) is -2.00. The number of β-amino-alcohol motifs (C(OH)–C–C–N with tert-alkyl or cyclic N) is 1. The number of aliphatic hydroxyl groups excluding tert-OH is 1. The molecule has 3 amide bonds. The average Bonchev–Trinajstić information content (AvgIpc) is 3.55. The van der Waals surface area contributed by atoms with Gasteiger partial charge in [-0.3, -0.25) is 14.4 Å². The number of hydrogen-bond donors (Lipinski definition) is 1. The van der Waals surface area contributed by atoms with E-state index >= 15 is 0 Å². The maximum atomic E-state index is 14.7. The largest absolute Gasteiger partial charge is 0.395 e. The summed E-state index contributed by atoms with van der Waals surface area (Å²) in [6, 6.07) is 14.3. The molecule has 1 N–H and O–H groups in total. The highest BCUT2D eigenvalue weighted by Gasteiger charge is 2.76. The highest BCUT2D eigenvalue weighted by Crippen LogP contribution is 2.68. The van der Waals surface area contributed by atoms with Gasteiger partial charge in [0, 0.05) is 36.3 Å². The van der Waals surface area contributed by atoms with Crippen LogP contribution >= 0.6 is 39.3 Å². The van der Waals surface area contributed by atoms with Gasteiger partial charge in [-0.25, -0.2) is 0 Å². The summed E-state index contributed by atoms with van der Waals surface area (Å²) in [7, 11) is 0. The number of rotatable bonds is 11. The summed E-state index contributed by atoms with van der Waals surface area (Å²) in [5, 5.41) is 10.3. The zero-order valence-electron chi connectivity index (χ0n) is 23.5. The Hall–Kier alpha value is -2.59. The minimum absolute atomic E-state index is 0.00357. The first kappa shape index (κ1) is 30.9. The maximum absolute atomic E-state index is 14.7. The van der Waals surface area contributed by atoms with Crippen LogP contribution in [0.2, 0.25) is 5.02 Å². The van der Waals surface area contributed by atoms with Crippen molar-refractivity contribution in [3.8, 4) is 0 Å². The van der Waals surface area contributed by atoms with Crippen molar-refractivity contribution in [3.05, 3.63) is 90.0 Å². The Labute approximate surface area is 264 Å². The normalized spacial score (nSPS) is 27.6. The van der Waals surface area contributed by atoms with Crippen LogP contribution in [0.25, 0.3) is 0 Å². The topological polar surface area (TPSA) is 81.2 Å². The third kappa shape index (κ3) is 5.12. The molecule has 1 spiro atoms. The molecule has 3 fully saturated rings. The van der Waals surface area contributed by atoms with Crippen molar-refractivity contribution < 1.29 is 19.5 Å². The Balaban J connectivity index is 1.56. The lowest BCUT2D eigenvalue weighted by Gasteiger charge is -2.38. The summed E-state index contributed by atoms with van der Waals surface area (Å²) in [6.07, 6.45) is 3.88. The van der Waals surface area contributed by atoms with Gasteiger partial charge in [0.05, 0.1) is 33.9 Å². The van der Waals surface area contributed by atoms with Crippen LogP contribution in [0.1, 0.15) is 17.5 Å². The molecule has 42 heavy (non-hydrogen) atoms. The molecule has 3 aliphatic rings. The number of carbonyl (C=O) groups excluding carboxylic acids is 3. The van der Waals surface area contributed by atoms with E-state index < -0.39 is 22.6 Å². The number of amides is 3. The SMILES string of the molecule is C=CCN(Cc1ccccc1)C(=O)[C@H]1[C@H]2C(=O)N(CCO)C(C(=O)N(CC=C)c3c(C)cccc3Cl)C23CC(Br)[C@@H]1S3. The van der Waals surface area contributed by atoms with Crippen molar-refractivity contribution in [2.24, 2.45) is 11.8 Å². The van der Waals surface area contributed by atoms with Gasteiger partial charge in [-0.15, -0.1) is 24.9 Å². The fraction of sp³-hybridized carbons (Fsp3) is 0.406. The van der Waals surface area contributed by atoms with Crippen molar-refractivity contribution in [3.63, 3.8) is 0 Å². The number of thioether (sulfide) groups is 1. The molecule has 222 valence electrons. The first-order valence-electron chi connectivity index (χ1n) is 14.0. The van der Waals surface area contributed by atoms with E-state index in [0.29, 0.717) is 30.2 Å². The molecule has 2 aromatic rings. The van der Waals surface area contributed by atoms with Crippen LogP contribution in [0.15, 0.2) is 73.8 Å². The molecule has 0 radical (unpaired) electrons. The van der Waals surface area contributed by atoms with E-state index in [1.807, 2.05) is 49.4 Å². The number of alkyl halides is 1. The van der Waals surface area contributed by atoms with E-state index in [1.54, 1.807) is 39.8 Å². The number of aliphatic hydroxyl groups is 1. The van der Waals surface area contributed by atoms with E-state index in [4.69, 9.17) is 11.6 Å². The lowest BCUT2D eigenvalue weighted by Crippen LogP contribution is -2.56. The van der Waals surface area contributed by atoms with E-state index in [0.717, 1.165) is 11.1 Å². The molecule has 10 heteroatoms. The number of para-hydroxylation sites is 1. The lowest BCUT2D eigenvalue weighted by molar-refractivity contribution is -0.144. The molecule has 3 heterocycles. The Morgan fingerprint density at radius 2 is 1.86 bits per heavy atom. The van der Waals surface area contributed by atoms with Gasteiger partial charge < -0.3 is 19.8 Å². The van der Waals surface area contributed by atoms with Crippen LogP contribution in [-0.2, 0) is 20.9 Å². The number of benzene rings is 2. The number of nitrogens with zero attached hydrogens (tertiary/aromatic N) is 3. The summed E-state index contributed by atoms with van der Waals surface area (Å²) in [4.78, 5) is 48.0. The molecule has 5 rings (SSSR count). The number of hydrogen-bond acceptors (Lipinski definition) is 5. The molecule has 3 aliphatic heterocycles. The molecule has 2 aromatic carbocycles. The predicted molar refractivity (Wildman–Crippen MR) is 172 cm³/mol. The van der Waals surface area contributed by atoms with Crippen LogP contribution in [0.4, 0.5) is 5.69 Å². The first-order valence-corrected chi connectivity index (χ1v) is 16.2. The van der Waals surface area contributed by atoms with Gasteiger partial charge in [-0.05, 0) is 30.5 Å². The van der Waals surface area contributed by atoms with Gasteiger partial charge in [-0.1, -0.05) is 82.1 Å². The summed E-state index contributed by atoms with van der Waals surface area (Å²) < 4.78 is -0.844. The van der Waals surface area contributed by atoms with E-state index in [9.17, 15) is 19.5 Å². The molecular formula is C32H35BrClN3O4S. The molecule has 6 atom stereocenters. The van der Waals surface area contributed by atoms with Crippen LogP contribution in [0.5, 0.6) is 0 Å². The number of aryl methyl sites for hydroxylation is 1. The van der Waals surface area contributed by atoms with E-state index in [1.165, 1.54) is 4.90 Å². The third-order valence-electron chi connectivity index (χ3n) is 8.56. The monoisotopic (exact) mass is 671 g/mol. The van der Waals surface area contributed by atoms with Crippen LogP contribution < -0.4 is 4.90 Å². The van der Waals surface area contributed by atoms with E-state index in [-0.39, 0.29) is 47.5 Å². The quantitative estimate of drug-likeness (QED) is 0.273. The Kier molecular flexibility index (Phi) is 9.23. The number of anilines is 1. The fourth-order valence-electron chi connectivity index (χ4n) is 6.98. The summed E-state index contributed by atoms with van der Waals surface area (Å²) in [6.45, 7) is 10.2. The Morgan fingerprint density at radius 3 is 2.50 bits per heavy atom. The highest BCUT2D eigenvalue weighted by atomic mass is 79.9. The highest BCUT2D eigenvalue weighted by molar-refractivity contribution is 9.09. The smallest absolute Gasteiger partial charge is 0.251 e. The van der Waals surface area contributed by atoms with Crippen LogP contribution in [-0.4, -0.2) is 79.7 Å². The second kappa shape index (κ2) is 12.6. The second-order valence-electron chi connectivity index (χ2n) is 11.1. The molecule has 3 saturated heterocycles. The van der Waals surface area contributed by atoms with Crippen LogP contribution in [0, 0.1) is 18.8 Å². The zero-order valence-corrected chi connectivity index (χ0v) is 26.7. The second-order valence-corrected chi connectivity index (χ2v) is 14.2. The van der Waals surface area contributed by atoms with Crippen LogP contribution in [0.3, 0.4) is 0 Å². The maximum Gasteiger partial charge on any atom is 0.251 e. The van der Waals surface area contributed by atoms with Gasteiger partial charge in [0.25, 0.3) is 5.91 Å². The van der Waals surface area contributed by atoms with Crippen molar-refractivity contribution in [1.29, 1.82) is 0 Å². The third-order valence-corrected chi connectivity index (χ3v) is 12.1. The molecule has 3 unspecified atom stereocenters. The zero-order chi connectivity index (χ0) is 30.2. The molecule has 2 bridgehead atoms. The van der Waals surface area contributed by atoms with Crippen molar-refractivity contribution in [2.75, 3.05) is 31.1 Å². The molecular weight excluding hydrogens is 638 g/mol. The van der Waals surface area contributed by atoms with Crippen molar-refractivity contribution >= 4 is 62.7 Å².